The molecular formula is C12H24N2O. The topological polar surface area (TPSA) is 55.1 Å². The third-order valence-corrected chi connectivity index (χ3v) is 2.35. The van der Waals surface area contributed by atoms with E-state index in [-0.39, 0.29) is 11.3 Å². The Hall–Kier alpha value is -0.830. The fourth-order valence-corrected chi connectivity index (χ4v) is 1.13. The second kappa shape index (κ2) is 6.62. The molecule has 1 atom stereocenters. The summed E-state index contributed by atoms with van der Waals surface area (Å²) in [6.45, 7) is 10.3. The molecule has 1 unspecified atom stereocenters. The van der Waals surface area contributed by atoms with Gasteiger partial charge < -0.3 is 11.1 Å². The summed E-state index contributed by atoms with van der Waals surface area (Å²) in [6.07, 6.45) is 4.94. The van der Waals surface area contributed by atoms with Crippen molar-refractivity contribution in [1.29, 1.82) is 0 Å². The molecular weight excluding hydrogens is 188 g/mol. The second-order valence-electron chi connectivity index (χ2n) is 4.92. The van der Waals surface area contributed by atoms with Crippen LogP contribution in [0.3, 0.4) is 0 Å². The van der Waals surface area contributed by atoms with Crippen LogP contribution in [0.25, 0.3) is 0 Å². The highest BCUT2D eigenvalue weighted by molar-refractivity contribution is 5.82. The molecule has 0 aromatic carbocycles. The molecule has 0 aromatic rings. The van der Waals surface area contributed by atoms with Crippen molar-refractivity contribution < 1.29 is 4.79 Å². The molecule has 88 valence electrons. The van der Waals surface area contributed by atoms with Crippen molar-refractivity contribution >= 4 is 5.91 Å². The molecule has 0 fully saturated rings. The number of hydrogen-bond donors (Lipinski definition) is 2. The number of nitrogens with two attached hydrogens (primary N) is 1. The van der Waals surface area contributed by atoms with Crippen LogP contribution in [0, 0.1) is 5.41 Å². The molecule has 0 radical (unpaired) electrons. The molecule has 0 saturated carbocycles. The third-order valence-electron chi connectivity index (χ3n) is 2.35. The van der Waals surface area contributed by atoms with E-state index < -0.39 is 6.04 Å². The van der Waals surface area contributed by atoms with Crippen molar-refractivity contribution in [2.45, 2.75) is 46.1 Å². The lowest BCUT2D eigenvalue weighted by molar-refractivity contribution is -0.124. The molecule has 0 bridgehead atoms. The number of rotatable bonds is 6. The molecule has 0 rings (SSSR count). The van der Waals surface area contributed by atoms with E-state index in [0.717, 1.165) is 19.3 Å². The van der Waals surface area contributed by atoms with Crippen LogP contribution in [-0.4, -0.2) is 18.5 Å². The van der Waals surface area contributed by atoms with Gasteiger partial charge in [-0.05, 0) is 24.7 Å². The molecule has 15 heavy (non-hydrogen) atoms. The van der Waals surface area contributed by atoms with E-state index in [1.165, 1.54) is 0 Å². The number of carbonyl (C=O) groups excluding carboxylic acids is 1. The minimum atomic E-state index is -0.433. The van der Waals surface area contributed by atoms with E-state index in [1.807, 2.05) is 26.8 Å². The maximum absolute atomic E-state index is 11.6. The summed E-state index contributed by atoms with van der Waals surface area (Å²) in [4.78, 5) is 11.6. The lowest BCUT2D eigenvalue weighted by atomic mass is 9.87. The van der Waals surface area contributed by atoms with E-state index in [1.54, 1.807) is 0 Å². The summed E-state index contributed by atoms with van der Waals surface area (Å²) in [5.41, 5.74) is 5.63. The normalized spacial score (nSPS) is 13.3. The molecule has 3 nitrogen and oxygen atoms in total. The van der Waals surface area contributed by atoms with Gasteiger partial charge in [0.2, 0.25) is 5.91 Å². The van der Waals surface area contributed by atoms with Crippen LogP contribution in [0.1, 0.15) is 40.0 Å². The summed E-state index contributed by atoms with van der Waals surface area (Å²) in [5, 5.41) is 2.85. The molecule has 3 heteroatoms. The van der Waals surface area contributed by atoms with Crippen LogP contribution in [0.2, 0.25) is 0 Å². The largest absolute Gasteiger partial charge is 0.355 e. The van der Waals surface area contributed by atoms with Crippen molar-refractivity contribution in [3.8, 4) is 0 Å². The van der Waals surface area contributed by atoms with Gasteiger partial charge in [0.05, 0.1) is 6.04 Å². The smallest absolute Gasteiger partial charge is 0.237 e. The predicted octanol–water partition coefficient (Wildman–Crippen LogP) is 1.83. The number of carbonyl (C=O) groups is 1. The molecule has 0 heterocycles. The molecule has 0 aromatic heterocycles. The van der Waals surface area contributed by atoms with Crippen LogP contribution in [0.4, 0.5) is 0 Å². The van der Waals surface area contributed by atoms with E-state index in [0.29, 0.717) is 6.54 Å². The number of nitrogens with one attached hydrogen (secondary N) is 1. The first kappa shape index (κ1) is 14.2. The van der Waals surface area contributed by atoms with Crippen molar-refractivity contribution in [1.82, 2.24) is 5.32 Å². The van der Waals surface area contributed by atoms with Crippen molar-refractivity contribution in [2.75, 3.05) is 6.54 Å². The minimum absolute atomic E-state index is 0.0545. The highest BCUT2D eigenvalue weighted by Crippen LogP contribution is 2.17. The standard InChI is InChI=1S/C12H24N2O/c1-5-6-7-8-9-14-11(15)10(13)12(2,3)4/h5,10H,1,6-9,13H2,2-4H3,(H,14,15). The molecule has 0 aliphatic carbocycles. The zero-order chi connectivity index (χ0) is 11.9. The number of unbranched alkanes of at least 4 members (excludes halogenated alkanes) is 2. The maximum Gasteiger partial charge on any atom is 0.237 e. The monoisotopic (exact) mass is 212 g/mol. The van der Waals surface area contributed by atoms with Crippen LogP contribution < -0.4 is 11.1 Å². The van der Waals surface area contributed by atoms with E-state index >= 15 is 0 Å². The van der Waals surface area contributed by atoms with Crippen molar-refractivity contribution in [3.05, 3.63) is 12.7 Å². The minimum Gasteiger partial charge on any atom is -0.355 e. The van der Waals surface area contributed by atoms with E-state index in [4.69, 9.17) is 5.73 Å². The van der Waals surface area contributed by atoms with Crippen molar-refractivity contribution in [3.63, 3.8) is 0 Å². The average molecular weight is 212 g/mol. The Balaban J connectivity index is 3.70. The van der Waals surface area contributed by atoms with Crippen LogP contribution >= 0.6 is 0 Å². The van der Waals surface area contributed by atoms with Crippen LogP contribution in [-0.2, 0) is 4.79 Å². The zero-order valence-electron chi connectivity index (χ0n) is 10.2. The molecule has 0 aliphatic heterocycles. The van der Waals surface area contributed by atoms with Gasteiger partial charge in [0.25, 0.3) is 0 Å². The average Bonchev–Trinajstić information content (AvgIpc) is 2.14. The summed E-state index contributed by atoms with van der Waals surface area (Å²) in [7, 11) is 0. The van der Waals surface area contributed by atoms with Crippen molar-refractivity contribution in [2.24, 2.45) is 11.1 Å². The lowest BCUT2D eigenvalue weighted by Gasteiger charge is -2.25. The fourth-order valence-electron chi connectivity index (χ4n) is 1.13. The Labute approximate surface area is 93.1 Å². The first-order chi connectivity index (χ1) is 6.89. The van der Waals surface area contributed by atoms with Crippen LogP contribution in [0.5, 0.6) is 0 Å². The molecule has 1 amide bonds. The van der Waals surface area contributed by atoms with E-state index in [9.17, 15) is 4.79 Å². The summed E-state index contributed by atoms with van der Waals surface area (Å²) < 4.78 is 0. The highest BCUT2D eigenvalue weighted by Gasteiger charge is 2.26. The fraction of sp³-hybridized carbons (Fsp3) is 0.750. The molecule has 3 N–H and O–H groups in total. The van der Waals surface area contributed by atoms with Crippen LogP contribution in [0.15, 0.2) is 12.7 Å². The quantitative estimate of drug-likeness (QED) is 0.521. The van der Waals surface area contributed by atoms with Gasteiger partial charge in [-0.3, -0.25) is 4.79 Å². The number of amides is 1. The SMILES string of the molecule is C=CCCCCNC(=O)C(N)C(C)(C)C. The van der Waals surface area contributed by atoms with Gasteiger partial charge in [0.15, 0.2) is 0 Å². The Bertz CT molecular complexity index is 206. The van der Waals surface area contributed by atoms with Gasteiger partial charge in [-0.1, -0.05) is 26.8 Å². The second-order valence-corrected chi connectivity index (χ2v) is 4.92. The Morgan fingerprint density at radius 2 is 2.07 bits per heavy atom. The van der Waals surface area contributed by atoms with Gasteiger partial charge in [0, 0.05) is 6.54 Å². The summed E-state index contributed by atoms with van der Waals surface area (Å²) >= 11 is 0. The number of allylic oxidation sites excluding steroid dienone is 1. The van der Waals surface area contributed by atoms with Gasteiger partial charge in [-0.25, -0.2) is 0 Å². The first-order valence-electron chi connectivity index (χ1n) is 5.53. The van der Waals surface area contributed by atoms with E-state index in [2.05, 4.69) is 11.9 Å². The van der Waals surface area contributed by atoms with Gasteiger partial charge in [-0.2, -0.15) is 0 Å². The predicted molar refractivity (Wildman–Crippen MR) is 64.5 cm³/mol. The van der Waals surface area contributed by atoms with Gasteiger partial charge in [-0.15, -0.1) is 6.58 Å². The third kappa shape index (κ3) is 6.28. The Morgan fingerprint density at radius 1 is 1.47 bits per heavy atom. The summed E-state index contributed by atoms with van der Waals surface area (Å²) in [5.74, 6) is -0.0545. The highest BCUT2D eigenvalue weighted by atomic mass is 16.2. The summed E-state index contributed by atoms with van der Waals surface area (Å²) in [6, 6.07) is -0.433. The Morgan fingerprint density at radius 3 is 2.53 bits per heavy atom. The first-order valence-corrected chi connectivity index (χ1v) is 5.53. The molecule has 0 saturated heterocycles. The zero-order valence-corrected chi connectivity index (χ0v) is 10.2. The maximum atomic E-state index is 11.6. The Kier molecular flexibility index (Phi) is 6.25. The lowest BCUT2D eigenvalue weighted by Crippen LogP contribution is -2.48. The van der Waals surface area contributed by atoms with Gasteiger partial charge in [0.1, 0.15) is 0 Å². The molecule has 0 spiro atoms. The molecule has 0 aliphatic rings. The number of hydrogen-bond acceptors (Lipinski definition) is 2. The van der Waals surface area contributed by atoms with Gasteiger partial charge >= 0.3 is 0 Å².